The third-order valence-corrected chi connectivity index (χ3v) is 15.3. The quantitative estimate of drug-likeness (QED) is 0.00975. The van der Waals surface area contributed by atoms with Gasteiger partial charge in [-0.15, -0.1) is 61.1 Å². The van der Waals surface area contributed by atoms with Gasteiger partial charge < -0.3 is 25.4 Å². The molecule has 0 heterocycles. The lowest BCUT2D eigenvalue weighted by atomic mass is 10.1. The van der Waals surface area contributed by atoms with Gasteiger partial charge >= 0.3 is 21.2 Å². The zero-order chi connectivity index (χ0) is 66.2. The molecule has 0 unspecified atom stereocenters. The van der Waals surface area contributed by atoms with Gasteiger partial charge in [-0.3, -0.25) is 37.7 Å². The molecule has 0 aliphatic heterocycles. The second kappa shape index (κ2) is 27.4. The van der Waals surface area contributed by atoms with Crippen molar-refractivity contribution in [3.63, 3.8) is 0 Å². The molecule has 45 heteroatoms. The summed E-state index contributed by atoms with van der Waals surface area (Å²) in [5.74, 6) is -2.69. The molecule has 9 N–H and O–H groups in total. The van der Waals surface area contributed by atoms with Crippen molar-refractivity contribution < 1.29 is 120 Å². The second-order valence-electron chi connectivity index (χ2n) is 16.5. The Bertz CT molecular complexity index is 4990. The number of ether oxygens (including phenoxy) is 2. The lowest BCUT2D eigenvalue weighted by Crippen LogP contribution is -2.03. The molecular formula is C43H34N10O28S7. The minimum absolute atomic E-state index is 0.0289. The van der Waals surface area contributed by atoms with Crippen LogP contribution in [0.1, 0.15) is 18.9 Å². The molecule has 0 spiro atoms. The third kappa shape index (κ3) is 17.1. The monoisotopic (exact) mass is 1360 g/mol. The van der Waals surface area contributed by atoms with Gasteiger partial charge in [0.25, 0.3) is 62.8 Å². The highest BCUT2D eigenvalue weighted by Gasteiger charge is 2.29. The van der Waals surface area contributed by atoms with Crippen LogP contribution in [0.25, 0.3) is 21.5 Å². The van der Waals surface area contributed by atoms with Crippen LogP contribution in [0.2, 0.25) is 0 Å². The summed E-state index contributed by atoms with van der Waals surface area (Å²) in [7, 11) is -32.5. The standard InChI is InChI=1S/C43H34N10O22S5.2O3S/c1-3-12-74-34-17-30(49-45-26-9-5-22(76(59,60)61)15-33(26)75-19-54)20(2)13-31(34)50-52-40-37(79(68,69)70)16-25-23(41(40)55)6-11-29(43(25)80(71,72)73)48-51-32-18-35(77(62,63)64)24-7-10-28(42(56)38(24)39(32)44)47-46-27-8-4-21(53(57)58)14-36(27)78(65,66)67;2*1-4(2)3/h4-11,13-19,55-56H,3,12,44H2,1-2H3,(H,59,60,61)(H,62,63,64)(H,65,66,67)(H,68,69,70)(H,71,72,73);;. The summed E-state index contributed by atoms with van der Waals surface area (Å²) in [6.45, 7) is 3.23. The van der Waals surface area contributed by atoms with E-state index in [1.807, 2.05) is 0 Å². The number of carbonyl (C=O) groups is 1. The topological polar surface area (TPSA) is 618 Å². The zero-order valence-electron chi connectivity index (χ0n) is 43.2. The minimum atomic E-state index is -5.61. The normalized spacial score (nSPS) is 12.3. The molecule has 7 aromatic carbocycles. The number of carbonyl (C=O) groups excluding carboxylic acids is 1. The first-order valence-corrected chi connectivity index (χ1v) is 31.7. The van der Waals surface area contributed by atoms with Gasteiger partial charge in [-0.2, -0.15) is 47.2 Å². The van der Waals surface area contributed by atoms with E-state index in [2.05, 4.69) is 40.9 Å². The van der Waals surface area contributed by atoms with Crippen molar-refractivity contribution in [2.45, 2.75) is 44.7 Å². The number of phenolic OH excluding ortho intramolecular Hbond substituents is 2. The number of nitrogens with two attached hydrogens (primary N) is 1. The number of aryl methyl sites for hydroxylation is 1. The van der Waals surface area contributed by atoms with Crippen LogP contribution in [0, 0.1) is 17.0 Å². The minimum Gasteiger partial charge on any atom is -0.505 e. The van der Waals surface area contributed by atoms with E-state index < -0.39 is 180 Å². The van der Waals surface area contributed by atoms with Crippen molar-refractivity contribution in [3.8, 4) is 23.0 Å². The molecule has 0 atom stereocenters. The fourth-order valence-electron chi connectivity index (χ4n) is 7.26. The van der Waals surface area contributed by atoms with Gasteiger partial charge in [0.1, 0.15) is 65.1 Å². The first kappa shape index (κ1) is 69.1. The Balaban J connectivity index is 0.00000166. The van der Waals surface area contributed by atoms with Crippen LogP contribution in [-0.2, 0) is 76.6 Å². The number of non-ortho nitro benzene ring substituents is 1. The predicted molar refractivity (Wildman–Crippen MR) is 294 cm³/mol. The van der Waals surface area contributed by atoms with E-state index in [4.69, 9.17) is 40.5 Å². The Labute approximate surface area is 495 Å². The Hall–Kier alpha value is -9.68. The molecule has 0 fully saturated rings. The molecule has 0 saturated heterocycles. The molecule has 0 amide bonds. The highest BCUT2D eigenvalue weighted by molar-refractivity contribution is 7.87. The van der Waals surface area contributed by atoms with Crippen molar-refractivity contribution in [1.29, 1.82) is 0 Å². The van der Waals surface area contributed by atoms with E-state index in [0.29, 0.717) is 24.6 Å². The van der Waals surface area contributed by atoms with E-state index in [0.717, 1.165) is 54.6 Å². The molecule has 7 rings (SSSR count). The molecule has 0 saturated carbocycles. The van der Waals surface area contributed by atoms with E-state index in [1.54, 1.807) is 6.92 Å². The van der Waals surface area contributed by atoms with Crippen molar-refractivity contribution in [2.24, 2.45) is 40.9 Å². The summed E-state index contributed by atoms with van der Waals surface area (Å²) in [6, 6.07) is 12.1. The number of anilines is 1. The van der Waals surface area contributed by atoms with E-state index in [9.17, 15) is 90.0 Å². The molecule has 38 nitrogen and oxygen atoms in total. The molecular weight excluding hydrogens is 1330 g/mol. The van der Waals surface area contributed by atoms with Gasteiger partial charge in [-0.05, 0) is 73.5 Å². The average molecular weight is 1360 g/mol. The van der Waals surface area contributed by atoms with Gasteiger partial charge in [-0.1, -0.05) is 13.0 Å². The number of nitrogen functional groups attached to an aromatic ring is 1. The van der Waals surface area contributed by atoms with Crippen LogP contribution >= 0.6 is 0 Å². The second-order valence-corrected chi connectivity index (χ2v) is 24.3. The predicted octanol–water partition coefficient (Wildman–Crippen LogP) is 7.41. The Morgan fingerprint density at radius 1 is 0.534 bits per heavy atom. The summed E-state index contributed by atoms with van der Waals surface area (Å²) in [6.07, 6.45) is 0.421. The first-order valence-electron chi connectivity index (χ1n) is 22.5. The van der Waals surface area contributed by atoms with Crippen LogP contribution in [0.5, 0.6) is 23.0 Å². The van der Waals surface area contributed by atoms with Crippen molar-refractivity contribution in [3.05, 3.63) is 101 Å². The highest BCUT2D eigenvalue weighted by atomic mass is 32.2. The lowest BCUT2D eigenvalue weighted by molar-refractivity contribution is -0.385. The van der Waals surface area contributed by atoms with Crippen LogP contribution < -0.4 is 15.2 Å². The fourth-order valence-corrected chi connectivity index (χ4v) is 10.6. The maximum Gasteiger partial charge on any atom is 0.425 e. The van der Waals surface area contributed by atoms with Crippen LogP contribution in [0.15, 0.2) is 150 Å². The number of rotatable bonds is 19. The number of hydrogen-bond acceptors (Lipinski definition) is 32. The summed E-state index contributed by atoms with van der Waals surface area (Å²) < 4.78 is 236. The van der Waals surface area contributed by atoms with E-state index in [1.165, 1.54) is 19.1 Å². The number of nitro benzene ring substituents is 1. The molecule has 7 aromatic rings. The number of aromatic hydroxyl groups is 2. The molecule has 88 heavy (non-hydrogen) atoms. The Morgan fingerprint density at radius 3 is 1.60 bits per heavy atom. The third-order valence-electron chi connectivity index (χ3n) is 10.8. The van der Waals surface area contributed by atoms with Gasteiger partial charge in [0, 0.05) is 40.4 Å². The van der Waals surface area contributed by atoms with Gasteiger partial charge in [0.15, 0.2) is 17.2 Å². The molecule has 466 valence electrons. The van der Waals surface area contributed by atoms with Crippen molar-refractivity contribution in [2.75, 3.05) is 12.3 Å². The van der Waals surface area contributed by atoms with Crippen molar-refractivity contribution >= 4 is 157 Å². The van der Waals surface area contributed by atoms with Crippen molar-refractivity contribution in [1.82, 2.24) is 0 Å². The molecule has 0 bridgehead atoms. The summed E-state index contributed by atoms with van der Waals surface area (Å²) in [5, 5.41) is 62.3. The molecule has 0 radical (unpaired) electrons. The number of hydrogen-bond donors (Lipinski definition) is 8. The molecule has 0 aromatic heterocycles. The van der Waals surface area contributed by atoms with Crippen LogP contribution in [-0.4, -0.2) is 118 Å². The van der Waals surface area contributed by atoms with Crippen LogP contribution in [0.3, 0.4) is 0 Å². The van der Waals surface area contributed by atoms with Crippen LogP contribution in [0.4, 0.5) is 56.9 Å². The maximum absolute atomic E-state index is 13.1. The number of nitrogens with zero attached hydrogens (tertiary/aromatic N) is 9. The zero-order valence-corrected chi connectivity index (χ0v) is 49.0. The lowest BCUT2D eigenvalue weighted by Gasteiger charge is -2.14. The average Bonchev–Trinajstić information content (AvgIpc) is 1.07. The molecule has 0 aliphatic carbocycles. The number of benzene rings is 7. The Morgan fingerprint density at radius 2 is 1.05 bits per heavy atom. The summed E-state index contributed by atoms with van der Waals surface area (Å²) >= 11 is 0. The maximum atomic E-state index is 13.1. The number of azo groups is 4. The largest absolute Gasteiger partial charge is 0.505 e. The van der Waals surface area contributed by atoms with E-state index in [-0.39, 0.29) is 41.5 Å². The van der Waals surface area contributed by atoms with Gasteiger partial charge in [0.05, 0.1) is 33.2 Å². The Kier molecular flexibility index (Phi) is 21.5. The highest BCUT2D eigenvalue weighted by Crippen LogP contribution is 2.49. The van der Waals surface area contributed by atoms with Gasteiger partial charge in [0.2, 0.25) is 0 Å². The number of phenols is 2. The first-order chi connectivity index (χ1) is 40.7. The fraction of sp³-hybridized carbons (Fsp3) is 0.0930. The summed E-state index contributed by atoms with van der Waals surface area (Å²) in [4.78, 5) is 16.1. The number of fused-ring (bicyclic) bond motifs is 2. The summed E-state index contributed by atoms with van der Waals surface area (Å²) in [5.41, 5.74) is 0.901. The van der Waals surface area contributed by atoms with E-state index >= 15 is 0 Å². The number of nitro groups is 1. The SMILES string of the molecule is CCCOc1cc(N=Nc2ccc(S(=O)(=O)O)cc2OC=O)c(C)cc1N=Nc1c(S(=O)(=O)O)cc2c(S(=O)(=O)O)c(N=Nc3cc(S(=O)(=O)O)c4ccc(N=Nc5ccc([N+](=O)[O-])cc5S(=O)(=O)O)c(O)c4c3N)ccc2c1O.O=S(=O)=O.O=S(=O)=O. The molecule has 0 aliphatic rings. The smallest absolute Gasteiger partial charge is 0.425 e. The van der Waals surface area contributed by atoms with Gasteiger partial charge in [-0.25, -0.2) is 0 Å².